The second kappa shape index (κ2) is 6.49. The predicted molar refractivity (Wildman–Crippen MR) is 75.3 cm³/mol. The summed E-state index contributed by atoms with van der Waals surface area (Å²) in [5, 5.41) is 12.8. The minimum absolute atomic E-state index is 0.186. The maximum Gasteiger partial charge on any atom is 0.123 e. The van der Waals surface area contributed by atoms with Gasteiger partial charge in [0.25, 0.3) is 0 Å². The topological polar surface area (TPSA) is 32.3 Å². The van der Waals surface area contributed by atoms with Gasteiger partial charge in [-0.3, -0.25) is 0 Å². The summed E-state index contributed by atoms with van der Waals surface area (Å²) < 4.78 is 13.0. The van der Waals surface area contributed by atoms with Crippen molar-refractivity contribution in [2.75, 3.05) is 6.61 Å². The highest BCUT2D eigenvalue weighted by Crippen LogP contribution is 2.41. The zero-order chi connectivity index (χ0) is 13.8. The van der Waals surface area contributed by atoms with Gasteiger partial charge in [-0.2, -0.15) is 0 Å². The third-order valence-corrected chi connectivity index (χ3v) is 3.96. The molecule has 1 aliphatic rings. The van der Waals surface area contributed by atoms with Gasteiger partial charge in [0.1, 0.15) is 5.82 Å². The van der Waals surface area contributed by atoms with Crippen LogP contribution in [0.5, 0.6) is 0 Å². The van der Waals surface area contributed by atoms with E-state index in [0.717, 1.165) is 12.0 Å². The molecule has 1 saturated carbocycles. The number of hydrogen-bond acceptors (Lipinski definition) is 2. The van der Waals surface area contributed by atoms with Gasteiger partial charge in [-0.05, 0) is 48.8 Å². The van der Waals surface area contributed by atoms with Crippen molar-refractivity contribution in [1.82, 2.24) is 5.32 Å². The van der Waals surface area contributed by atoms with Gasteiger partial charge in [0.2, 0.25) is 0 Å². The number of halogens is 1. The Labute approximate surface area is 115 Å². The highest BCUT2D eigenvalue weighted by Gasteiger charge is 2.33. The van der Waals surface area contributed by atoms with Crippen LogP contribution in [-0.4, -0.2) is 17.8 Å². The zero-order valence-corrected chi connectivity index (χ0v) is 11.8. The average molecular weight is 265 g/mol. The summed E-state index contributed by atoms with van der Waals surface area (Å²) in [7, 11) is 0. The maximum absolute atomic E-state index is 13.0. The molecule has 2 nitrogen and oxygen atoms in total. The van der Waals surface area contributed by atoms with E-state index in [1.54, 1.807) is 0 Å². The van der Waals surface area contributed by atoms with Crippen LogP contribution in [0.2, 0.25) is 0 Å². The Morgan fingerprint density at radius 2 is 1.89 bits per heavy atom. The van der Waals surface area contributed by atoms with E-state index in [1.807, 2.05) is 12.1 Å². The van der Waals surface area contributed by atoms with Crippen LogP contribution in [0.15, 0.2) is 24.3 Å². The molecular weight excluding hydrogens is 241 g/mol. The van der Waals surface area contributed by atoms with E-state index in [2.05, 4.69) is 19.2 Å². The molecule has 2 rings (SSSR count). The fraction of sp³-hybridized carbons (Fsp3) is 0.625. The lowest BCUT2D eigenvalue weighted by molar-refractivity contribution is 0.230. The van der Waals surface area contributed by atoms with E-state index < -0.39 is 0 Å². The normalized spacial score (nSPS) is 18.6. The van der Waals surface area contributed by atoms with Crippen LogP contribution in [0.3, 0.4) is 0 Å². The van der Waals surface area contributed by atoms with Gasteiger partial charge in [-0.1, -0.05) is 26.0 Å². The third kappa shape index (κ3) is 4.02. The molecule has 2 N–H and O–H groups in total. The maximum atomic E-state index is 13.0. The van der Waals surface area contributed by atoms with Gasteiger partial charge >= 0.3 is 0 Å². The summed E-state index contributed by atoms with van der Waals surface area (Å²) >= 11 is 0. The summed E-state index contributed by atoms with van der Waals surface area (Å²) in [6, 6.07) is 7.41. The summed E-state index contributed by atoms with van der Waals surface area (Å²) in [5.41, 5.74) is 1.16. The second-order valence-electron chi connectivity index (χ2n) is 5.90. The Morgan fingerprint density at radius 1 is 1.26 bits per heavy atom. The van der Waals surface area contributed by atoms with Gasteiger partial charge < -0.3 is 10.4 Å². The molecule has 1 aromatic rings. The van der Waals surface area contributed by atoms with E-state index in [9.17, 15) is 9.50 Å². The smallest absolute Gasteiger partial charge is 0.123 e. The highest BCUT2D eigenvalue weighted by atomic mass is 19.1. The van der Waals surface area contributed by atoms with E-state index in [-0.39, 0.29) is 12.4 Å². The zero-order valence-electron chi connectivity index (χ0n) is 11.8. The van der Waals surface area contributed by atoms with Gasteiger partial charge in [-0.25, -0.2) is 4.39 Å². The first-order valence-corrected chi connectivity index (χ1v) is 7.24. The second-order valence-corrected chi connectivity index (χ2v) is 5.90. The number of hydrogen-bond donors (Lipinski definition) is 2. The largest absolute Gasteiger partial charge is 0.396 e. The van der Waals surface area contributed by atoms with Crippen LogP contribution < -0.4 is 5.32 Å². The van der Waals surface area contributed by atoms with Gasteiger partial charge in [0.15, 0.2) is 0 Å². The molecule has 0 radical (unpaired) electrons. The fourth-order valence-electron chi connectivity index (χ4n) is 2.58. The molecule has 3 heteroatoms. The average Bonchev–Trinajstić information content (AvgIpc) is 3.20. The van der Waals surface area contributed by atoms with Crippen LogP contribution in [0.4, 0.5) is 4.39 Å². The van der Waals surface area contributed by atoms with Crippen LogP contribution in [0, 0.1) is 17.7 Å². The third-order valence-electron chi connectivity index (χ3n) is 3.96. The Bertz CT molecular complexity index is 386. The fourth-order valence-corrected chi connectivity index (χ4v) is 2.58. The minimum atomic E-state index is -0.186. The molecule has 106 valence electrons. The molecule has 0 amide bonds. The van der Waals surface area contributed by atoms with E-state index in [0.29, 0.717) is 23.9 Å². The van der Waals surface area contributed by atoms with Crippen LogP contribution in [0.25, 0.3) is 0 Å². The number of rotatable bonds is 7. The number of benzene rings is 1. The minimum Gasteiger partial charge on any atom is -0.396 e. The Balaban J connectivity index is 2.09. The Hall–Kier alpha value is -0.930. The van der Waals surface area contributed by atoms with Crippen molar-refractivity contribution >= 4 is 0 Å². The van der Waals surface area contributed by atoms with Crippen molar-refractivity contribution in [3.63, 3.8) is 0 Å². The van der Waals surface area contributed by atoms with E-state index >= 15 is 0 Å². The SMILES string of the molecule is CC(C)C(CCO)NC(c1ccc(F)cc1)C1CC1. The Morgan fingerprint density at radius 3 is 2.37 bits per heavy atom. The van der Waals surface area contributed by atoms with Crippen LogP contribution in [0.1, 0.15) is 44.7 Å². The molecule has 1 fully saturated rings. The molecule has 0 bridgehead atoms. The van der Waals surface area contributed by atoms with Crippen molar-refractivity contribution in [3.8, 4) is 0 Å². The lowest BCUT2D eigenvalue weighted by atomic mass is 9.96. The summed E-state index contributed by atoms with van der Waals surface area (Å²) in [5.74, 6) is 0.952. The monoisotopic (exact) mass is 265 g/mol. The van der Waals surface area contributed by atoms with Gasteiger partial charge in [-0.15, -0.1) is 0 Å². The molecule has 19 heavy (non-hydrogen) atoms. The van der Waals surface area contributed by atoms with Gasteiger partial charge in [0.05, 0.1) is 0 Å². The summed E-state index contributed by atoms with van der Waals surface area (Å²) in [4.78, 5) is 0. The first-order chi connectivity index (χ1) is 9.11. The number of aliphatic hydroxyl groups excluding tert-OH is 1. The van der Waals surface area contributed by atoms with Crippen molar-refractivity contribution in [3.05, 3.63) is 35.6 Å². The Kier molecular flexibility index (Phi) is 4.94. The quantitative estimate of drug-likeness (QED) is 0.793. The molecule has 2 unspecified atom stereocenters. The number of aliphatic hydroxyl groups is 1. The molecule has 0 heterocycles. The van der Waals surface area contributed by atoms with Crippen LogP contribution in [-0.2, 0) is 0 Å². The van der Waals surface area contributed by atoms with Crippen molar-refractivity contribution in [2.24, 2.45) is 11.8 Å². The predicted octanol–water partition coefficient (Wildman–Crippen LogP) is 3.27. The first-order valence-electron chi connectivity index (χ1n) is 7.24. The lowest BCUT2D eigenvalue weighted by Crippen LogP contribution is -2.38. The van der Waals surface area contributed by atoms with Crippen molar-refractivity contribution < 1.29 is 9.50 Å². The molecule has 0 spiro atoms. The first kappa shape index (κ1) is 14.5. The van der Waals surface area contributed by atoms with E-state index in [4.69, 9.17) is 0 Å². The molecule has 0 aromatic heterocycles. The van der Waals surface area contributed by atoms with Gasteiger partial charge in [0, 0.05) is 18.7 Å². The molecule has 2 atom stereocenters. The van der Waals surface area contributed by atoms with E-state index in [1.165, 1.54) is 25.0 Å². The lowest BCUT2D eigenvalue weighted by Gasteiger charge is -2.28. The molecule has 0 saturated heterocycles. The summed E-state index contributed by atoms with van der Waals surface area (Å²) in [6.45, 7) is 4.54. The standard InChI is InChI=1S/C16H24FNO/c1-11(2)15(9-10-19)18-16(12-3-4-12)13-5-7-14(17)8-6-13/h5-8,11-12,15-16,18-19H,3-4,9-10H2,1-2H3. The van der Waals surface area contributed by atoms with Crippen LogP contribution >= 0.6 is 0 Å². The molecular formula is C16H24FNO. The molecule has 1 aromatic carbocycles. The summed E-state index contributed by atoms with van der Waals surface area (Å²) in [6.07, 6.45) is 3.24. The van der Waals surface area contributed by atoms with Crippen molar-refractivity contribution in [1.29, 1.82) is 0 Å². The highest BCUT2D eigenvalue weighted by molar-refractivity contribution is 5.22. The molecule has 1 aliphatic carbocycles. The number of nitrogens with one attached hydrogen (secondary N) is 1. The molecule has 0 aliphatic heterocycles. The van der Waals surface area contributed by atoms with Crippen molar-refractivity contribution in [2.45, 2.75) is 45.2 Å².